The molecule has 0 aliphatic carbocycles. The number of hydrogen-bond donors (Lipinski definition) is 1. The fourth-order valence-corrected chi connectivity index (χ4v) is 3.72. The van der Waals surface area contributed by atoms with Crippen LogP contribution < -0.4 is 10.6 Å². The summed E-state index contributed by atoms with van der Waals surface area (Å²) in [5.41, 5.74) is 9.88. The van der Waals surface area contributed by atoms with Gasteiger partial charge in [-0.1, -0.05) is 24.6 Å². The number of benzene rings is 1. The van der Waals surface area contributed by atoms with E-state index in [2.05, 4.69) is 55.6 Å². The molecule has 2 rings (SSSR count). The number of hydrogen-bond acceptors (Lipinski definition) is 3. The van der Waals surface area contributed by atoms with Gasteiger partial charge in [0, 0.05) is 29.3 Å². The van der Waals surface area contributed by atoms with Gasteiger partial charge in [-0.05, 0) is 38.4 Å². The molecule has 1 aromatic carbocycles. The summed E-state index contributed by atoms with van der Waals surface area (Å²) in [6, 6.07) is 7.39. The summed E-state index contributed by atoms with van der Waals surface area (Å²) < 4.78 is 0. The smallest absolute Gasteiger partial charge is 0.0402 e. The molecule has 1 heterocycles. The predicted octanol–water partition coefficient (Wildman–Crippen LogP) is 2.83. The van der Waals surface area contributed by atoms with Crippen LogP contribution in [0.25, 0.3) is 0 Å². The van der Waals surface area contributed by atoms with Crippen molar-refractivity contribution in [2.24, 2.45) is 5.73 Å². The normalized spacial score (nSPS) is 24.3. The van der Waals surface area contributed by atoms with Crippen LogP contribution in [-0.2, 0) is 6.42 Å². The molecule has 0 saturated carbocycles. The van der Waals surface area contributed by atoms with E-state index >= 15 is 0 Å². The molecular weight excluding hydrogens is 240 g/mol. The van der Waals surface area contributed by atoms with Crippen molar-refractivity contribution >= 4 is 17.4 Å². The Bertz CT molecular complexity index is 405. The molecule has 2 nitrogen and oxygen atoms in total. The van der Waals surface area contributed by atoms with E-state index in [1.807, 2.05) is 0 Å². The Labute approximate surface area is 115 Å². The third-order valence-electron chi connectivity index (χ3n) is 3.84. The fourth-order valence-electron chi connectivity index (χ4n) is 2.62. The maximum Gasteiger partial charge on any atom is 0.0402 e. The van der Waals surface area contributed by atoms with Crippen molar-refractivity contribution < 1.29 is 0 Å². The van der Waals surface area contributed by atoms with Gasteiger partial charge in [0.25, 0.3) is 0 Å². The van der Waals surface area contributed by atoms with Crippen molar-refractivity contribution in [2.45, 2.75) is 38.5 Å². The van der Waals surface area contributed by atoms with Gasteiger partial charge in [0.05, 0.1) is 0 Å². The molecule has 18 heavy (non-hydrogen) atoms. The molecule has 1 saturated heterocycles. The van der Waals surface area contributed by atoms with Gasteiger partial charge < -0.3 is 10.6 Å². The summed E-state index contributed by atoms with van der Waals surface area (Å²) in [5.74, 6) is 1.22. The van der Waals surface area contributed by atoms with Crippen molar-refractivity contribution in [2.75, 3.05) is 23.7 Å². The Morgan fingerprint density at radius 3 is 2.89 bits per heavy atom. The maximum atomic E-state index is 5.75. The first-order chi connectivity index (χ1) is 8.63. The lowest BCUT2D eigenvalue weighted by molar-refractivity contribution is 0.624. The second-order valence-electron chi connectivity index (χ2n) is 5.18. The maximum absolute atomic E-state index is 5.75. The molecule has 1 aliphatic heterocycles. The van der Waals surface area contributed by atoms with Gasteiger partial charge in [0.15, 0.2) is 0 Å². The first kappa shape index (κ1) is 13.8. The highest BCUT2D eigenvalue weighted by atomic mass is 32.2. The van der Waals surface area contributed by atoms with Gasteiger partial charge in [-0.2, -0.15) is 11.8 Å². The highest BCUT2D eigenvalue weighted by Gasteiger charge is 2.26. The van der Waals surface area contributed by atoms with E-state index in [0.717, 1.165) is 19.5 Å². The minimum absolute atomic E-state index is 0.600. The zero-order valence-electron chi connectivity index (χ0n) is 11.6. The summed E-state index contributed by atoms with van der Waals surface area (Å²) in [5, 5.41) is 0.700. The molecule has 3 heteroatoms. The summed E-state index contributed by atoms with van der Waals surface area (Å²) in [6.45, 7) is 8.70. The lowest BCUT2D eigenvalue weighted by Crippen LogP contribution is -2.45. The minimum atomic E-state index is 0.600. The molecule has 1 fully saturated rings. The Morgan fingerprint density at radius 1 is 1.39 bits per heavy atom. The van der Waals surface area contributed by atoms with Crippen LogP contribution in [-0.4, -0.2) is 30.1 Å². The highest BCUT2D eigenvalue weighted by Crippen LogP contribution is 2.31. The Hall–Kier alpha value is -0.670. The lowest BCUT2D eigenvalue weighted by Gasteiger charge is -2.40. The molecule has 1 aromatic rings. The Kier molecular flexibility index (Phi) is 4.57. The molecule has 100 valence electrons. The Morgan fingerprint density at radius 2 is 2.17 bits per heavy atom. The average molecular weight is 264 g/mol. The molecule has 2 unspecified atom stereocenters. The van der Waals surface area contributed by atoms with Crippen molar-refractivity contribution in [3.8, 4) is 0 Å². The molecule has 0 amide bonds. The predicted molar refractivity (Wildman–Crippen MR) is 82.7 cm³/mol. The third kappa shape index (κ3) is 2.83. The summed E-state index contributed by atoms with van der Waals surface area (Å²) in [7, 11) is 0. The van der Waals surface area contributed by atoms with E-state index in [1.165, 1.54) is 22.6 Å². The van der Waals surface area contributed by atoms with Crippen LogP contribution in [0.4, 0.5) is 5.69 Å². The van der Waals surface area contributed by atoms with E-state index in [0.29, 0.717) is 11.3 Å². The third-order valence-corrected chi connectivity index (χ3v) is 5.18. The molecule has 0 aromatic heterocycles. The summed E-state index contributed by atoms with van der Waals surface area (Å²) in [4.78, 5) is 2.56. The van der Waals surface area contributed by atoms with Crippen LogP contribution in [0, 0.1) is 6.92 Å². The molecule has 1 aliphatic rings. The number of thioether (sulfide) groups is 1. The molecule has 2 N–H and O–H groups in total. The van der Waals surface area contributed by atoms with Crippen molar-refractivity contribution in [3.05, 3.63) is 29.3 Å². The second kappa shape index (κ2) is 5.98. The molecule has 0 bridgehead atoms. The molecular formula is C15H24N2S. The second-order valence-corrected chi connectivity index (χ2v) is 6.67. The zero-order valence-corrected chi connectivity index (χ0v) is 12.5. The number of nitrogens with two attached hydrogens (primary N) is 1. The quantitative estimate of drug-likeness (QED) is 0.910. The number of rotatable bonds is 3. The number of anilines is 1. The van der Waals surface area contributed by atoms with E-state index < -0.39 is 0 Å². The Balaban J connectivity index is 2.31. The van der Waals surface area contributed by atoms with Crippen LogP contribution in [0.2, 0.25) is 0 Å². The summed E-state index contributed by atoms with van der Waals surface area (Å²) in [6.07, 6.45) is 0.974. The van der Waals surface area contributed by atoms with Crippen LogP contribution in [0.1, 0.15) is 25.0 Å². The first-order valence-electron chi connectivity index (χ1n) is 6.81. The molecule has 2 atom stereocenters. The number of nitrogens with zero attached hydrogens (tertiary/aromatic N) is 1. The monoisotopic (exact) mass is 264 g/mol. The van der Waals surface area contributed by atoms with Gasteiger partial charge >= 0.3 is 0 Å². The van der Waals surface area contributed by atoms with Crippen LogP contribution in [0.3, 0.4) is 0 Å². The number of aryl methyl sites for hydroxylation is 1. The molecule has 0 radical (unpaired) electrons. The van der Waals surface area contributed by atoms with Crippen molar-refractivity contribution in [1.82, 2.24) is 0 Å². The average Bonchev–Trinajstić information content (AvgIpc) is 2.34. The van der Waals surface area contributed by atoms with Gasteiger partial charge in [-0.25, -0.2) is 0 Å². The van der Waals surface area contributed by atoms with E-state index in [-0.39, 0.29) is 0 Å². The first-order valence-corrected chi connectivity index (χ1v) is 7.86. The fraction of sp³-hybridized carbons (Fsp3) is 0.600. The highest BCUT2D eigenvalue weighted by molar-refractivity contribution is 8.00. The van der Waals surface area contributed by atoms with Crippen LogP contribution in [0.15, 0.2) is 18.2 Å². The van der Waals surface area contributed by atoms with Crippen LogP contribution >= 0.6 is 11.8 Å². The molecule has 0 spiro atoms. The van der Waals surface area contributed by atoms with Crippen molar-refractivity contribution in [1.29, 1.82) is 0 Å². The zero-order chi connectivity index (χ0) is 13.1. The van der Waals surface area contributed by atoms with Crippen molar-refractivity contribution in [3.63, 3.8) is 0 Å². The van der Waals surface area contributed by atoms with Crippen LogP contribution in [0.5, 0.6) is 0 Å². The van der Waals surface area contributed by atoms with E-state index in [4.69, 9.17) is 5.73 Å². The van der Waals surface area contributed by atoms with E-state index in [9.17, 15) is 0 Å². The van der Waals surface area contributed by atoms with Gasteiger partial charge in [0.1, 0.15) is 0 Å². The minimum Gasteiger partial charge on any atom is -0.367 e. The van der Waals surface area contributed by atoms with Gasteiger partial charge in [-0.15, -0.1) is 0 Å². The van der Waals surface area contributed by atoms with E-state index in [1.54, 1.807) is 0 Å². The van der Waals surface area contributed by atoms with Gasteiger partial charge in [0.2, 0.25) is 0 Å². The SMILES string of the molecule is Cc1ccc(N2CCSC(C)C2C)c(CCN)c1. The standard InChI is InChI=1S/C15H24N2S/c1-11-4-5-15(14(10-11)6-7-16)17-8-9-18-13(3)12(17)2/h4-5,10,12-13H,6-9,16H2,1-3H3. The topological polar surface area (TPSA) is 29.3 Å². The van der Waals surface area contributed by atoms with Gasteiger partial charge in [-0.3, -0.25) is 0 Å². The summed E-state index contributed by atoms with van der Waals surface area (Å²) >= 11 is 2.08. The largest absolute Gasteiger partial charge is 0.367 e. The lowest BCUT2D eigenvalue weighted by atomic mass is 10.0.